The molecule has 0 unspecified atom stereocenters. The van der Waals surface area contributed by atoms with Crippen molar-refractivity contribution in [2.75, 3.05) is 18.5 Å². The number of hydrogen-bond acceptors (Lipinski definition) is 5. The number of nitrogens with zero attached hydrogens (tertiary/aromatic N) is 3. The summed E-state index contributed by atoms with van der Waals surface area (Å²) in [5.74, 6) is -0.524. The standard InChI is InChI=1S/C10H10N4O3/c1-13(6-10(12)15)8-2-3-9(14(16)17)7(4-8)5-11/h2-4H,6H2,1H3,(H2,12,15). The van der Waals surface area contributed by atoms with Gasteiger partial charge in [0.25, 0.3) is 5.69 Å². The number of carbonyl (C=O) groups is 1. The number of nitrogens with two attached hydrogens (primary N) is 1. The molecular formula is C10H10N4O3. The third kappa shape index (κ3) is 2.92. The predicted octanol–water partition coefficient (Wildman–Crippen LogP) is 0.388. The highest BCUT2D eigenvalue weighted by molar-refractivity contribution is 5.79. The minimum Gasteiger partial charge on any atom is -0.368 e. The van der Waals surface area contributed by atoms with E-state index in [1.807, 2.05) is 0 Å². The van der Waals surface area contributed by atoms with Crippen LogP contribution in [0.5, 0.6) is 0 Å². The molecule has 2 N–H and O–H groups in total. The molecule has 17 heavy (non-hydrogen) atoms. The second-order valence-electron chi connectivity index (χ2n) is 3.39. The van der Waals surface area contributed by atoms with Gasteiger partial charge in [-0.05, 0) is 12.1 Å². The van der Waals surface area contributed by atoms with Crippen molar-refractivity contribution in [3.63, 3.8) is 0 Å². The van der Waals surface area contributed by atoms with Gasteiger partial charge in [-0.1, -0.05) is 0 Å². The molecule has 1 aromatic rings. The van der Waals surface area contributed by atoms with Crippen LogP contribution in [0.3, 0.4) is 0 Å². The zero-order chi connectivity index (χ0) is 13.0. The number of rotatable bonds is 4. The molecule has 0 aliphatic heterocycles. The molecular weight excluding hydrogens is 224 g/mol. The van der Waals surface area contributed by atoms with Gasteiger partial charge in [0.1, 0.15) is 11.6 Å². The minimum absolute atomic E-state index is 0.0251. The summed E-state index contributed by atoms with van der Waals surface area (Å²) in [6.07, 6.45) is 0. The topological polar surface area (TPSA) is 113 Å². The average molecular weight is 234 g/mol. The van der Waals surface area contributed by atoms with Gasteiger partial charge in [0.2, 0.25) is 5.91 Å². The summed E-state index contributed by atoms with van der Waals surface area (Å²) in [5.41, 5.74) is 5.23. The Morgan fingerprint density at radius 1 is 1.65 bits per heavy atom. The number of benzene rings is 1. The van der Waals surface area contributed by atoms with E-state index in [1.54, 1.807) is 13.1 Å². The first-order valence-corrected chi connectivity index (χ1v) is 4.63. The van der Waals surface area contributed by atoms with Crippen LogP contribution >= 0.6 is 0 Å². The summed E-state index contributed by atoms with van der Waals surface area (Å²) in [6, 6.07) is 5.78. The normalized spacial score (nSPS) is 9.41. The first kappa shape index (κ1) is 12.4. The fourth-order valence-electron chi connectivity index (χ4n) is 1.34. The van der Waals surface area contributed by atoms with Gasteiger partial charge in [-0.2, -0.15) is 5.26 Å². The molecule has 0 bridgehead atoms. The molecule has 0 aliphatic rings. The molecule has 7 nitrogen and oxygen atoms in total. The van der Waals surface area contributed by atoms with Crippen LogP contribution in [0.2, 0.25) is 0 Å². The second-order valence-corrected chi connectivity index (χ2v) is 3.39. The van der Waals surface area contributed by atoms with Crippen molar-refractivity contribution in [3.05, 3.63) is 33.9 Å². The summed E-state index contributed by atoms with van der Waals surface area (Å²) in [5, 5.41) is 19.4. The Labute approximate surface area is 97.2 Å². The largest absolute Gasteiger partial charge is 0.368 e. The van der Waals surface area contributed by atoms with E-state index in [0.29, 0.717) is 5.69 Å². The smallest absolute Gasteiger partial charge is 0.287 e. The fourth-order valence-corrected chi connectivity index (χ4v) is 1.34. The number of nitro groups is 1. The maximum atomic E-state index is 10.7. The van der Waals surface area contributed by atoms with E-state index < -0.39 is 10.8 Å². The van der Waals surface area contributed by atoms with Crippen LogP contribution in [0.15, 0.2) is 18.2 Å². The lowest BCUT2D eigenvalue weighted by Gasteiger charge is -2.17. The number of carbonyl (C=O) groups excluding carboxylic acids is 1. The number of anilines is 1. The van der Waals surface area contributed by atoms with Gasteiger partial charge in [0.15, 0.2) is 0 Å². The van der Waals surface area contributed by atoms with Gasteiger partial charge in [-0.15, -0.1) is 0 Å². The predicted molar refractivity (Wildman–Crippen MR) is 60.3 cm³/mol. The van der Waals surface area contributed by atoms with Gasteiger partial charge in [-0.25, -0.2) is 0 Å². The van der Waals surface area contributed by atoms with E-state index in [4.69, 9.17) is 11.0 Å². The highest BCUT2D eigenvalue weighted by Crippen LogP contribution is 2.23. The molecule has 0 saturated heterocycles. The van der Waals surface area contributed by atoms with E-state index in [2.05, 4.69) is 0 Å². The molecule has 0 heterocycles. The van der Waals surface area contributed by atoms with Crippen LogP contribution in [0, 0.1) is 21.4 Å². The lowest BCUT2D eigenvalue weighted by atomic mass is 10.1. The zero-order valence-corrected chi connectivity index (χ0v) is 9.08. The summed E-state index contributed by atoms with van der Waals surface area (Å²) < 4.78 is 0. The molecule has 0 fully saturated rings. The number of primary amides is 1. The monoisotopic (exact) mass is 234 g/mol. The molecule has 0 aromatic heterocycles. The summed E-state index contributed by atoms with van der Waals surface area (Å²) in [7, 11) is 1.60. The average Bonchev–Trinajstić information content (AvgIpc) is 2.27. The number of nitro benzene ring substituents is 1. The van der Waals surface area contributed by atoms with Crippen LogP contribution in [0.1, 0.15) is 5.56 Å². The highest BCUT2D eigenvalue weighted by atomic mass is 16.6. The molecule has 0 aliphatic carbocycles. The Balaban J connectivity index is 3.10. The molecule has 0 spiro atoms. The van der Waals surface area contributed by atoms with Gasteiger partial charge in [0, 0.05) is 18.8 Å². The number of nitriles is 1. The Hall–Kier alpha value is -2.62. The molecule has 1 rings (SSSR count). The van der Waals surface area contributed by atoms with Gasteiger partial charge >= 0.3 is 0 Å². The van der Waals surface area contributed by atoms with Crippen molar-refractivity contribution in [1.82, 2.24) is 0 Å². The van der Waals surface area contributed by atoms with Crippen molar-refractivity contribution < 1.29 is 9.72 Å². The van der Waals surface area contributed by atoms with Crippen molar-refractivity contribution in [2.45, 2.75) is 0 Å². The Morgan fingerprint density at radius 3 is 2.76 bits per heavy atom. The third-order valence-electron chi connectivity index (χ3n) is 2.13. The quantitative estimate of drug-likeness (QED) is 0.597. The highest BCUT2D eigenvalue weighted by Gasteiger charge is 2.15. The SMILES string of the molecule is CN(CC(N)=O)c1ccc([N+](=O)[O-])c(C#N)c1. The number of likely N-dealkylation sites (N-methyl/N-ethyl adjacent to an activating group) is 1. The van der Waals surface area contributed by atoms with Crippen molar-refractivity contribution >= 4 is 17.3 Å². The first-order valence-electron chi connectivity index (χ1n) is 4.63. The number of hydrogen-bond donors (Lipinski definition) is 1. The summed E-state index contributed by atoms with van der Waals surface area (Å²) in [6.45, 7) is -0.0251. The molecule has 1 aromatic carbocycles. The van der Waals surface area contributed by atoms with Crippen LogP contribution in [-0.4, -0.2) is 24.4 Å². The molecule has 0 saturated carbocycles. The van der Waals surface area contributed by atoms with E-state index >= 15 is 0 Å². The van der Waals surface area contributed by atoms with E-state index in [0.717, 1.165) is 0 Å². The lowest BCUT2D eigenvalue weighted by Crippen LogP contribution is -2.30. The molecule has 7 heteroatoms. The zero-order valence-electron chi connectivity index (χ0n) is 9.08. The van der Waals surface area contributed by atoms with Gasteiger partial charge in [0.05, 0.1) is 11.5 Å². The van der Waals surface area contributed by atoms with Crippen LogP contribution in [-0.2, 0) is 4.79 Å². The summed E-state index contributed by atoms with van der Waals surface area (Å²) in [4.78, 5) is 22.2. The molecule has 88 valence electrons. The number of amides is 1. The Morgan fingerprint density at radius 2 is 2.29 bits per heavy atom. The molecule has 0 radical (unpaired) electrons. The lowest BCUT2D eigenvalue weighted by molar-refractivity contribution is -0.385. The van der Waals surface area contributed by atoms with E-state index in [9.17, 15) is 14.9 Å². The second kappa shape index (κ2) is 4.94. The molecule has 0 atom stereocenters. The maximum absolute atomic E-state index is 10.7. The van der Waals surface area contributed by atoms with Crippen molar-refractivity contribution in [1.29, 1.82) is 5.26 Å². The summed E-state index contributed by atoms with van der Waals surface area (Å²) >= 11 is 0. The Kier molecular flexibility index (Phi) is 3.62. The minimum atomic E-state index is -0.629. The third-order valence-corrected chi connectivity index (χ3v) is 2.13. The van der Waals surface area contributed by atoms with Crippen molar-refractivity contribution in [3.8, 4) is 6.07 Å². The Bertz CT molecular complexity index is 507. The fraction of sp³-hybridized carbons (Fsp3) is 0.200. The van der Waals surface area contributed by atoms with E-state index in [-0.39, 0.29) is 17.8 Å². The van der Waals surface area contributed by atoms with E-state index in [1.165, 1.54) is 23.1 Å². The van der Waals surface area contributed by atoms with Crippen LogP contribution < -0.4 is 10.6 Å². The van der Waals surface area contributed by atoms with Crippen LogP contribution in [0.4, 0.5) is 11.4 Å². The van der Waals surface area contributed by atoms with Gasteiger partial charge in [-0.3, -0.25) is 14.9 Å². The van der Waals surface area contributed by atoms with Crippen molar-refractivity contribution in [2.24, 2.45) is 5.73 Å². The maximum Gasteiger partial charge on any atom is 0.287 e. The first-order chi connectivity index (χ1) is 7.95. The van der Waals surface area contributed by atoms with Crippen LogP contribution in [0.25, 0.3) is 0 Å². The molecule has 1 amide bonds. The van der Waals surface area contributed by atoms with Gasteiger partial charge < -0.3 is 10.6 Å².